The number of carbonyl (C=O) groups is 1. The molecule has 0 spiro atoms. The lowest BCUT2D eigenvalue weighted by Gasteiger charge is -2.44. The summed E-state index contributed by atoms with van der Waals surface area (Å²) in [6, 6.07) is 5.92. The van der Waals surface area contributed by atoms with E-state index >= 15 is 0 Å². The molecule has 4 nitrogen and oxygen atoms in total. The van der Waals surface area contributed by atoms with Gasteiger partial charge in [-0.15, -0.1) is 5.54 Å². The first-order valence-electron chi connectivity index (χ1n) is 9.47. The van der Waals surface area contributed by atoms with Crippen LogP contribution in [0.25, 0.3) is 11.0 Å². The van der Waals surface area contributed by atoms with E-state index in [2.05, 4.69) is 41.3 Å². The predicted octanol–water partition coefficient (Wildman–Crippen LogP) is 3.49. The van der Waals surface area contributed by atoms with Crippen LogP contribution in [0.2, 0.25) is 19.6 Å². The Bertz CT molecular complexity index is 892. The number of benzene rings is 1. The van der Waals surface area contributed by atoms with Gasteiger partial charge in [0.05, 0.1) is 5.56 Å². The van der Waals surface area contributed by atoms with Gasteiger partial charge in [0.15, 0.2) is 0 Å². The summed E-state index contributed by atoms with van der Waals surface area (Å²) in [6.07, 6.45) is 4.09. The lowest BCUT2D eigenvalue weighted by atomic mass is 9.84. The van der Waals surface area contributed by atoms with Crippen molar-refractivity contribution in [2.45, 2.75) is 38.5 Å². The minimum Gasteiger partial charge on any atom is -0.463 e. The number of piperidine rings is 3. The summed E-state index contributed by atoms with van der Waals surface area (Å²) in [7, 11) is -1.46. The van der Waals surface area contributed by atoms with Crippen molar-refractivity contribution in [1.29, 1.82) is 0 Å². The molecule has 0 aliphatic carbocycles. The van der Waals surface area contributed by atoms with Crippen LogP contribution < -0.4 is 5.32 Å². The van der Waals surface area contributed by atoms with Gasteiger partial charge in [0.2, 0.25) is 0 Å². The second-order valence-corrected chi connectivity index (χ2v) is 13.3. The fourth-order valence-corrected chi connectivity index (χ4v) is 4.41. The maximum absolute atomic E-state index is 12.8. The average molecular weight is 367 g/mol. The van der Waals surface area contributed by atoms with E-state index in [9.17, 15) is 4.79 Å². The third-order valence-electron chi connectivity index (χ3n) is 5.38. The molecule has 1 aromatic heterocycles. The van der Waals surface area contributed by atoms with Crippen LogP contribution in [0.15, 0.2) is 28.9 Å². The molecule has 0 radical (unpaired) electrons. The summed E-state index contributed by atoms with van der Waals surface area (Å²) in [5.74, 6) is 3.89. The van der Waals surface area contributed by atoms with Crippen LogP contribution in [0.5, 0.6) is 0 Å². The number of hydrogen-bond donors (Lipinski definition) is 1. The van der Waals surface area contributed by atoms with Gasteiger partial charge in [-0.2, -0.15) is 0 Å². The Hall–Kier alpha value is -2.03. The first-order valence-corrected chi connectivity index (χ1v) is 13.0. The molecule has 1 N–H and O–H groups in total. The van der Waals surface area contributed by atoms with Crippen molar-refractivity contribution in [1.82, 2.24) is 10.2 Å². The summed E-state index contributed by atoms with van der Waals surface area (Å²) in [6.45, 7) is 9.99. The van der Waals surface area contributed by atoms with E-state index in [-0.39, 0.29) is 11.9 Å². The van der Waals surface area contributed by atoms with Crippen molar-refractivity contribution in [3.8, 4) is 11.5 Å². The number of furan rings is 1. The Morgan fingerprint density at radius 3 is 2.69 bits per heavy atom. The third-order valence-corrected chi connectivity index (χ3v) is 6.26. The molecule has 0 unspecified atom stereocenters. The van der Waals surface area contributed by atoms with Gasteiger partial charge in [0.1, 0.15) is 19.9 Å². The fraction of sp³-hybridized carbons (Fsp3) is 0.476. The average Bonchev–Trinajstić information content (AvgIpc) is 3.02. The molecule has 3 saturated heterocycles. The number of amides is 1. The van der Waals surface area contributed by atoms with Crippen molar-refractivity contribution in [3.63, 3.8) is 0 Å². The largest absolute Gasteiger partial charge is 0.463 e. The smallest absolute Gasteiger partial charge is 0.251 e. The van der Waals surface area contributed by atoms with E-state index in [1.54, 1.807) is 6.26 Å². The Labute approximate surface area is 155 Å². The number of rotatable bonds is 2. The zero-order valence-electron chi connectivity index (χ0n) is 15.8. The maximum atomic E-state index is 12.8. The minimum absolute atomic E-state index is 0.0101. The summed E-state index contributed by atoms with van der Waals surface area (Å²) in [5.41, 5.74) is 5.71. The molecule has 5 heteroatoms. The molecule has 3 aliphatic rings. The minimum atomic E-state index is -1.46. The molecule has 4 heterocycles. The molecule has 1 atom stereocenters. The summed E-state index contributed by atoms with van der Waals surface area (Å²) in [5, 5.41) is 4.19. The summed E-state index contributed by atoms with van der Waals surface area (Å²) >= 11 is 0. The quantitative estimate of drug-likeness (QED) is 0.654. The van der Waals surface area contributed by atoms with Gasteiger partial charge < -0.3 is 14.6 Å². The fourth-order valence-electron chi connectivity index (χ4n) is 3.90. The van der Waals surface area contributed by atoms with Crippen LogP contribution in [0, 0.1) is 17.4 Å². The monoisotopic (exact) mass is 366 g/mol. The number of nitrogens with one attached hydrogen (secondary N) is 1. The van der Waals surface area contributed by atoms with E-state index in [0.29, 0.717) is 11.5 Å². The molecule has 2 bridgehead atoms. The van der Waals surface area contributed by atoms with Crippen LogP contribution in [0.4, 0.5) is 0 Å². The molecular weight excluding hydrogens is 340 g/mol. The molecule has 5 rings (SSSR count). The highest BCUT2D eigenvalue weighted by molar-refractivity contribution is 6.83. The van der Waals surface area contributed by atoms with Crippen molar-refractivity contribution in [3.05, 3.63) is 35.6 Å². The number of nitrogens with zero attached hydrogens (tertiary/aromatic N) is 1. The molecule has 3 fully saturated rings. The molecule has 26 heavy (non-hydrogen) atoms. The Balaban J connectivity index is 1.56. The van der Waals surface area contributed by atoms with Gasteiger partial charge in [-0.1, -0.05) is 25.6 Å². The van der Waals surface area contributed by atoms with E-state index in [1.807, 2.05) is 18.2 Å². The van der Waals surface area contributed by atoms with Crippen LogP contribution in [0.1, 0.15) is 28.8 Å². The van der Waals surface area contributed by atoms with Gasteiger partial charge in [-0.05, 0) is 50.0 Å². The van der Waals surface area contributed by atoms with Gasteiger partial charge >= 0.3 is 0 Å². The zero-order valence-corrected chi connectivity index (χ0v) is 16.8. The molecule has 136 valence electrons. The van der Waals surface area contributed by atoms with Gasteiger partial charge in [0.25, 0.3) is 5.91 Å². The van der Waals surface area contributed by atoms with E-state index in [1.165, 1.54) is 25.9 Å². The molecular formula is C21H26N2O2Si. The van der Waals surface area contributed by atoms with Crippen LogP contribution in [-0.4, -0.2) is 44.6 Å². The predicted molar refractivity (Wildman–Crippen MR) is 107 cm³/mol. The first kappa shape index (κ1) is 17.4. The van der Waals surface area contributed by atoms with Crippen molar-refractivity contribution >= 4 is 25.0 Å². The SMILES string of the molecule is C[Si](C)(C)C#Cc1coc2ccc(C(=O)N[C@H]3CN4CCC3CC4)cc12. The van der Waals surface area contributed by atoms with Gasteiger partial charge in [-0.25, -0.2) is 0 Å². The first-order chi connectivity index (χ1) is 12.4. The number of fused-ring (bicyclic) bond motifs is 4. The van der Waals surface area contributed by atoms with Crippen LogP contribution in [-0.2, 0) is 0 Å². The van der Waals surface area contributed by atoms with Gasteiger partial charge in [0, 0.05) is 23.5 Å². The molecule has 1 amide bonds. The van der Waals surface area contributed by atoms with Crippen molar-refractivity contribution in [2.75, 3.05) is 19.6 Å². The lowest BCUT2D eigenvalue weighted by molar-refractivity contribution is 0.0620. The van der Waals surface area contributed by atoms with Gasteiger partial charge in [-0.3, -0.25) is 4.79 Å². The summed E-state index contributed by atoms with van der Waals surface area (Å²) < 4.78 is 5.61. The summed E-state index contributed by atoms with van der Waals surface area (Å²) in [4.78, 5) is 15.2. The highest BCUT2D eigenvalue weighted by Gasteiger charge is 2.34. The zero-order chi connectivity index (χ0) is 18.3. The van der Waals surface area contributed by atoms with Crippen LogP contribution in [0.3, 0.4) is 0 Å². The second-order valence-electron chi connectivity index (χ2n) is 8.58. The van der Waals surface area contributed by atoms with E-state index < -0.39 is 8.07 Å². The topological polar surface area (TPSA) is 45.5 Å². The second kappa shape index (κ2) is 6.60. The molecule has 0 saturated carbocycles. The third kappa shape index (κ3) is 3.58. The van der Waals surface area contributed by atoms with Crippen LogP contribution >= 0.6 is 0 Å². The Kier molecular flexibility index (Phi) is 4.42. The molecule has 3 aliphatic heterocycles. The Morgan fingerprint density at radius 2 is 2.04 bits per heavy atom. The standard InChI is InChI=1S/C21H26N2O2Si/c1-26(2,3)11-8-17-14-25-20-5-4-16(12-18(17)20)21(24)22-19-13-23-9-6-15(19)7-10-23/h4-5,12,14-15,19H,6-7,9-10,13H2,1-3H3,(H,22,24)/t19-/m0/s1. The Morgan fingerprint density at radius 1 is 1.27 bits per heavy atom. The molecule has 2 aromatic rings. The highest BCUT2D eigenvalue weighted by atomic mass is 28.3. The maximum Gasteiger partial charge on any atom is 0.251 e. The lowest BCUT2D eigenvalue weighted by Crippen LogP contribution is -2.57. The number of hydrogen-bond acceptors (Lipinski definition) is 3. The van der Waals surface area contributed by atoms with Crippen molar-refractivity contribution < 1.29 is 9.21 Å². The van der Waals surface area contributed by atoms with E-state index in [0.717, 1.165) is 23.1 Å². The normalized spacial score (nSPS) is 25.0. The molecule has 1 aromatic carbocycles. The van der Waals surface area contributed by atoms with Crippen molar-refractivity contribution in [2.24, 2.45) is 5.92 Å². The highest BCUT2D eigenvalue weighted by Crippen LogP contribution is 2.28. The number of carbonyl (C=O) groups excluding carboxylic acids is 1. The van der Waals surface area contributed by atoms with E-state index in [4.69, 9.17) is 4.42 Å².